The van der Waals surface area contributed by atoms with Crippen LogP contribution in [0.2, 0.25) is 0 Å². The second-order valence-corrected chi connectivity index (χ2v) is 15.4. The highest BCUT2D eigenvalue weighted by molar-refractivity contribution is 7.91. The first-order chi connectivity index (χ1) is 21.9. The zero-order valence-electron chi connectivity index (χ0n) is 26.5. The number of rotatable bonds is 6. The number of hydrogen-bond acceptors (Lipinski definition) is 9. The molecule has 4 N–H and O–H groups in total. The highest BCUT2D eigenvalue weighted by Gasteiger charge is 2.62. The van der Waals surface area contributed by atoms with Gasteiger partial charge in [-0.05, 0) is 50.0 Å². The van der Waals surface area contributed by atoms with Crippen LogP contribution in [0.3, 0.4) is 0 Å². The molecule has 6 rings (SSSR count). The Morgan fingerprint density at radius 2 is 1.85 bits per heavy atom. The van der Waals surface area contributed by atoms with Crippen LogP contribution in [0.4, 0.5) is 0 Å². The number of nitrogens with one attached hydrogen (secondary N) is 2. The Morgan fingerprint density at radius 1 is 1.11 bits per heavy atom. The van der Waals surface area contributed by atoms with Gasteiger partial charge >= 0.3 is 0 Å². The quantitative estimate of drug-likeness (QED) is 0.396. The number of nitrogens with two attached hydrogens (primary N) is 1. The number of methoxy groups -OCH3 is 1. The third-order valence-corrected chi connectivity index (χ3v) is 11.7. The van der Waals surface area contributed by atoms with Crippen molar-refractivity contribution < 1.29 is 32.3 Å². The molecule has 0 radical (unpaired) electrons. The average Bonchev–Trinajstić information content (AvgIpc) is 3.96. The molecule has 1 unspecified atom stereocenters. The molecule has 1 aromatic heterocycles. The molecular formula is C33H43N5O7S. The lowest BCUT2D eigenvalue weighted by molar-refractivity contribution is -0.141. The van der Waals surface area contributed by atoms with Gasteiger partial charge in [0.2, 0.25) is 27.7 Å². The fourth-order valence-electron chi connectivity index (χ4n) is 6.69. The normalized spacial score (nSPS) is 32.7. The Bertz CT molecular complexity index is 1660. The van der Waals surface area contributed by atoms with Crippen LogP contribution < -0.4 is 25.2 Å². The van der Waals surface area contributed by atoms with E-state index in [2.05, 4.69) is 21.9 Å². The molecule has 1 saturated heterocycles. The standard InChI is InChI=1S/C33H43N5O7S/c1-19-7-6-8-20(2)28(34)31(40)38-18-22(45-30-25-10-5-4-9-24(25)27(44-3)17-35-30)15-26(38)29(39)36-33(16-21(33)12-11-19)32(41)37-46(42,43)23-13-14-23/h4-5,9-12,17,19-23,26,28H,6-8,13-16,18,34H2,1-3H3,(H,36,39)(H,37,41)/b12-11-/t19?,20-,21+,22-,26+,28+,33-/m1/s1. The Morgan fingerprint density at radius 3 is 2.57 bits per heavy atom. The SMILES string of the molecule is COc1cnc(O[C@@H]2C[C@H]3C(=O)N[C@]4(C(=O)NS(=O)(=O)C5CC5)C[C@@H]4/C=C\C(C)CCC[C@@H](C)[C@H](N)C(=O)N3C2)c2ccccc12. The van der Waals surface area contributed by atoms with Crippen molar-refractivity contribution in [3.8, 4) is 11.6 Å². The lowest BCUT2D eigenvalue weighted by atomic mass is 9.92. The molecule has 2 aliphatic carbocycles. The van der Waals surface area contributed by atoms with Gasteiger partial charge in [-0.25, -0.2) is 13.4 Å². The van der Waals surface area contributed by atoms with E-state index in [1.54, 1.807) is 13.3 Å². The molecule has 12 nitrogen and oxygen atoms in total. The number of sulfonamides is 1. The van der Waals surface area contributed by atoms with E-state index in [0.717, 1.165) is 30.0 Å². The Labute approximate surface area is 269 Å². The molecule has 3 heterocycles. The minimum Gasteiger partial charge on any atom is -0.494 e. The number of amides is 3. The van der Waals surface area contributed by atoms with E-state index in [1.165, 1.54) is 4.90 Å². The Kier molecular flexibility index (Phi) is 8.75. The fraction of sp³-hybridized carbons (Fsp3) is 0.576. The van der Waals surface area contributed by atoms with E-state index in [-0.39, 0.29) is 43.0 Å². The summed E-state index contributed by atoms with van der Waals surface area (Å²) in [6, 6.07) is 5.69. The highest BCUT2D eigenvalue weighted by atomic mass is 32.2. The van der Waals surface area contributed by atoms with E-state index in [0.29, 0.717) is 24.5 Å². The summed E-state index contributed by atoms with van der Waals surface area (Å²) in [6.45, 7) is 4.11. The van der Waals surface area contributed by atoms with Gasteiger partial charge in [-0.3, -0.25) is 19.1 Å². The predicted molar refractivity (Wildman–Crippen MR) is 171 cm³/mol. The van der Waals surface area contributed by atoms with E-state index in [4.69, 9.17) is 15.2 Å². The molecule has 248 valence electrons. The van der Waals surface area contributed by atoms with Crippen LogP contribution in [0.1, 0.15) is 58.8 Å². The Hall–Kier alpha value is -3.71. The molecule has 2 saturated carbocycles. The van der Waals surface area contributed by atoms with E-state index in [9.17, 15) is 22.8 Å². The summed E-state index contributed by atoms with van der Waals surface area (Å²) in [5.41, 5.74) is 5.08. The summed E-state index contributed by atoms with van der Waals surface area (Å²) < 4.78 is 39.5. The van der Waals surface area contributed by atoms with Crippen LogP contribution in [-0.2, 0) is 24.4 Å². The molecule has 2 aliphatic heterocycles. The first-order valence-corrected chi connectivity index (χ1v) is 17.7. The van der Waals surface area contributed by atoms with Crippen molar-refractivity contribution in [2.45, 2.75) is 87.8 Å². The third kappa shape index (κ3) is 6.31. The average molecular weight is 654 g/mol. The van der Waals surface area contributed by atoms with Crippen LogP contribution in [0.25, 0.3) is 10.8 Å². The van der Waals surface area contributed by atoms with Crippen molar-refractivity contribution in [3.63, 3.8) is 0 Å². The van der Waals surface area contributed by atoms with E-state index in [1.807, 2.05) is 43.3 Å². The molecule has 7 atom stereocenters. The van der Waals surface area contributed by atoms with Gasteiger partial charge in [0, 0.05) is 23.1 Å². The van der Waals surface area contributed by atoms with Gasteiger partial charge in [0.15, 0.2) is 0 Å². The van der Waals surface area contributed by atoms with Crippen molar-refractivity contribution >= 4 is 38.5 Å². The highest BCUT2D eigenvalue weighted by Crippen LogP contribution is 2.46. The van der Waals surface area contributed by atoms with Gasteiger partial charge in [-0.2, -0.15) is 0 Å². The van der Waals surface area contributed by atoms with Gasteiger partial charge in [0.1, 0.15) is 23.4 Å². The zero-order chi connectivity index (χ0) is 32.8. The first kappa shape index (κ1) is 32.2. The Balaban J connectivity index is 1.30. The number of allylic oxidation sites excluding steroid dienone is 1. The summed E-state index contributed by atoms with van der Waals surface area (Å²) in [7, 11) is -2.27. The van der Waals surface area contributed by atoms with E-state index < -0.39 is 50.8 Å². The van der Waals surface area contributed by atoms with Gasteiger partial charge in [0.05, 0.1) is 31.1 Å². The maximum atomic E-state index is 14.1. The minimum absolute atomic E-state index is 0.0923. The van der Waals surface area contributed by atoms with Gasteiger partial charge in [0.25, 0.3) is 5.91 Å². The summed E-state index contributed by atoms with van der Waals surface area (Å²) in [6.07, 6.45) is 8.76. The fourth-order valence-corrected chi connectivity index (χ4v) is 8.06. The van der Waals surface area contributed by atoms with Crippen molar-refractivity contribution in [2.75, 3.05) is 13.7 Å². The van der Waals surface area contributed by atoms with Gasteiger partial charge < -0.3 is 25.4 Å². The molecule has 4 aliphatic rings. The molecule has 46 heavy (non-hydrogen) atoms. The summed E-state index contributed by atoms with van der Waals surface area (Å²) in [5, 5.41) is 3.83. The molecular weight excluding hydrogens is 610 g/mol. The topological polar surface area (TPSA) is 170 Å². The molecule has 3 amide bonds. The second-order valence-electron chi connectivity index (χ2n) is 13.4. The smallest absolute Gasteiger partial charge is 0.259 e. The number of ether oxygens (including phenoxy) is 2. The number of fused-ring (bicyclic) bond motifs is 3. The van der Waals surface area contributed by atoms with Crippen LogP contribution >= 0.6 is 0 Å². The van der Waals surface area contributed by atoms with Crippen LogP contribution in [0.15, 0.2) is 42.6 Å². The van der Waals surface area contributed by atoms with Crippen molar-refractivity contribution in [1.29, 1.82) is 0 Å². The number of carbonyl (C=O) groups excluding carboxylic acids is 3. The lowest BCUT2D eigenvalue weighted by Gasteiger charge is -2.30. The number of aromatic nitrogens is 1. The predicted octanol–water partition coefficient (Wildman–Crippen LogP) is 2.41. The number of carbonyl (C=O) groups is 3. The third-order valence-electron chi connectivity index (χ3n) is 9.92. The molecule has 3 fully saturated rings. The van der Waals surface area contributed by atoms with Gasteiger partial charge in [-0.15, -0.1) is 0 Å². The minimum atomic E-state index is -3.84. The molecule has 0 bridgehead atoms. The van der Waals surface area contributed by atoms with Crippen molar-refractivity contribution in [3.05, 3.63) is 42.6 Å². The molecule has 1 aromatic carbocycles. The summed E-state index contributed by atoms with van der Waals surface area (Å²) in [4.78, 5) is 47.5. The van der Waals surface area contributed by atoms with Crippen molar-refractivity contribution in [2.24, 2.45) is 23.5 Å². The van der Waals surface area contributed by atoms with E-state index >= 15 is 0 Å². The summed E-state index contributed by atoms with van der Waals surface area (Å²) in [5.74, 6) is -1.04. The van der Waals surface area contributed by atoms with Crippen LogP contribution in [-0.4, -0.2) is 78.7 Å². The molecule has 13 heteroatoms. The largest absolute Gasteiger partial charge is 0.494 e. The zero-order valence-corrected chi connectivity index (χ0v) is 27.3. The molecule has 0 spiro atoms. The first-order valence-electron chi connectivity index (χ1n) is 16.1. The summed E-state index contributed by atoms with van der Waals surface area (Å²) >= 11 is 0. The van der Waals surface area contributed by atoms with Crippen LogP contribution in [0.5, 0.6) is 11.6 Å². The van der Waals surface area contributed by atoms with Gasteiger partial charge in [-0.1, -0.05) is 50.6 Å². The number of benzene rings is 1. The van der Waals surface area contributed by atoms with Crippen molar-refractivity contribution in [1.82, 2.24) is 19.9 Å². The second kappa shape index (κ2) is 12.5. The number of hydrogen-bond donors (Lipinski definition) is 3. The van der Waals surface area contributed by atoms with Crippen LogP contribution in [0, 0.1) is 17.8 Å². The lowest BCUT2D eigenvalue weighted by Crippen LogP contribution is -2.58. The number of nitrogens with zero attached hydrogens (tertiary/aromatic N) is 2. The maximum absolute atomic E-state index is 14.1. The number of pyridine rings is 1. The molecule has 2 aromatic rings. The monoisotopic (exact) mass is 653 g/mol. The maximum Gasteiger partial charge on any atom is 0.259 e.